The molecule has 2 aromatic heterocycles. The minimum Gasteiger partial charge on any atom is -0.508 e. The predicted molar refractivity (Wildman–Crippen MR) is 199 cm³/mol. The van der Waals surface area contributed by atoms with Crippen LogP contribution in [0, 0.1) is 0 Å². The quantitative estimate of drug-likeness (QED) is 0.0350. The van der Waals surface area contributed by atoms with Gasteiger partial charge in [-0.25, -0.2) is 32.8 Å². The van der Waals surface area contributed by atoms with Crippen molar-refractivity contribution in [1.82, 2.24) is 45.7 Å². The number of urea groups is 1. The lowest BCUT2D eigenvalue weighted by Crippen LogP contribution is -2.70. The number of aromatic hydroxyl groups is 2. The van der Waals surface area contributed by atoms with E-state index in [1.54, 1.807) is 0 Å². The average Bonchev–Trinajstić information content (AvgIpc) is 3.58. The molecule has 25 nitrogen and oxygen atoms in total. The van der Waals surface area contributed by atoms with E-state index in [1.165, 1.54) is 48.5 Å². The number of carbonyl (C=O) groups is 4. The summed E-state index contributed by atoms with van der Waals surface area (Å²) in [6.45, 7) is 0. The first-order chi connectivity index (χ1) is 27.4. The first kappa shape index (κ1) is 41.4. The summed E-state index contributed by atoms with van der Waals surface area (Å²) in [6, 6.07) is 6.60. The van der Waals surface area contributed by atoms with Crippen molar-refractivity contribution in [2.24, 2.45) is 5.14 Å². The van der Waals surface area contributed by atoms with Crippen LogP contribution in [-0.4, -0.2) is 119 Å². The third kappa shape index (κ3) is 9.81. The molecule has 0 saturated carbocycles. The van der Waals surface area contributed by atoms with E-state index in [0.29, 0.717) is 5.69 Å². The van der Waals surface area contributed by atoms with Crippen molar-refractivity contribution >= 4 is 85.0 Å². The highest BCUT2D eigenvalue weighted by Gasteiger charge is 2.54. The molecule has 29 heteroatoms. The van der Waals surface area contributed by atoms with Gasteiger partial charge in [-0.15, -0.1) is 16.9 Å². The number of ether oxygens (including phenoxy) is 1. The Morgan fingerprint density at radius 1 is 1.07 bits per heavy atom. The molecule has 0 radical (unpaired) electrons. The van der Waals surface area contributed by atoms with Crippen molar-refractivity contribution in [2.75, 3.05) is 22.1 Å². The minimum atomic E-state index is -4.50. The van der Waals surface area contributed by atoms with Crippen molar-refractivity contribution in [3.8, 4) is 11.6 Å². The molecule has 2 aliphatic heterocycles. The first-order valence-corrected chi connectivity index (χ1v) is 21.1. The van der Waals surface area contributed by atoms with Crippen LogP contribution in [0.2, 0.25) is 0 Å². The minimum absolute atomic E-state index is 0.0479. The van der Waals surface area contributed by atoms with Crippen LogP contribution in [0.3, 0.4) is 0 Å². The van der Waals surface area contributed by atoms with Gasteiger partial charge < -0.3 is 41.3 Å². The number of nitrogens with one attached hydrogen (secondary N) is 4. The number of nitrogens with zero attached hydrogens (tertiary/aromatic N) is 7. The number of hydrogen-bond donors (Lipinski definition) is 9. The van der Waals surface area contributed by atoms with Crippen LogP contribution in [0.1, 0.15) is 11.6 Å². The van der Waals surface area contributed by atoms with Gasteiger partial charge in [0, 0.05) is 22.8 Å². The predicted octanol–water partition coefficient (Wildman–Crippen LogP) is 0.0718. The lowest BCUT2D eigenvalue weighted by atomic mass is 10.0. The summed E-state index contributed by atoms with van der Waals surface area (Å²) in [6.07, 6.45) is -0.708. The fourth-order valence-electron chi connectivity index (χ4n) is 5.27. The highest BCUT2D eigenvalue weighted by atomic mass is 32.2. The van der Waals surface area contributed by atoms with E-state index < -0.39 is 73.4 Å². The van der Waals surface area contributed by atoms with Gasteiger partial charge in [-0.05, 0) is 52.4 Å². The van der Waals surface area contributed by atoms with Crippen molar-refractivity contribution in [3.63, 3.8) is 0 Å². The molecule has 2 aliphatic rings. The van der Waals surface area contributed by atoms with Gasteiger partial charge in [-0.3, -0.25) is 19.0 Å². The van der Waals surface area contributed by atoms with Crippen LogP contribution < -0.4 is 26.4 Å². The average molecular weight is 881 g/mol. The molecule has 1 saturated heterocycles. The maximum atomic E-state index is 13.7. The van der Waals surface area contributed by atoms with Gasteiger partial charge in [0.25, 0.3) is 16.0 Å². The standard InChI is InChI=1S/C29H28N12O13S4/c30-58(52,53)17-7-3-15(4-8-17)32-26-31-9-18(21(43)36-26)33-27(46)35-19(13-1-5-16(42)6-2-13)22(44)34-20-23(45)41-24(54-29(47)48)14(10-55-25(20)41)11-56-28-37-38-39-40(28)12-57(49,50)51/h1-9,19-20,25,42H,10-12H2,(H,34,44)(H,47,48)(H2,30,52,53)(H2,33,35,46)(H,49,50,51)(H2,31,32,36,43)/t19?,20?,25-/m0/s1. The molecule has 2 unspecified atom stereocenters. The van der Waals surface area contributed by atoms with Crippen LogP contribution in [-0.2, 0) is 40.3 Å². The molecule has 0 spiro atoms. The molecular weight excluding hydrogens is 853 g/mol. The number of thioether (sulfide) groups is 2. The van der Waals surface area contributed by atoms with Gasteiger partial charge >= 0.3 is 12.2 Å². The molecule has 4 amide bonds. The lowest BCUT2D eigenvalue weighted by Gasteiger charge is -2.49. The van der Waals surface area contributed by atoms with E-state index in [4.69, 9.17) is 14.4 Å². The molecule has 4 aromatic rings. The van der Waals surface area contributed by atoms with E-state index >= 15 is 0 Å². The number of hydrogen-bond acceptors (Lipinski definition) is 19. The molecule has 3 atom stereocenters. The number of aromatic nitrogens is 6. The first-order valence-electron chi connectivity index (χ1n) is 15.9. The fourth-order valence-corrected chi connectivity index (χ4v) is 8.67. The van der Waals surface area contributed by atoms with Gasteiger partial charge in [0.15, 0.2) is 5.88 Å². The summed E-state index contributed by atoms with van der Waals surface area (Å²) in [4.78, 5) is 60.8. The van der Waals surface area contributed by atoms with Gasteiger partial charge in [0.05, 0.1) is 11.1 Å². The number of phenolic OH excluding ortho intramolecular Hbond substituents is 1. The van der Waals surface area contributed by atoms with Crippen LogP contribution in [0.5, 0.6) is 11.6 Å². The van der Waals surface area contributed by atoms with Crippen LogP contribution >= 0.6 is 23.5 Å². The van der Waals surface area contributed by atoms with Crippen molar-refractivity contribution in [1.29, 1.82) is 0 Å². The number of fused-ring (bicyclic) bond motifs is 1. The summed E-state index contributed by atoms with van der Waals surface area (Å²) >= 11 is 2.00. The maximum absolute atomic E-state index is 13.7. The molecule has 58 heavy (non-hydrogen) atoms. The van der Waals surface area contributed by atoms with E-state index in [1.807, 2.05) is 0 Å². The van der Waals surface area contributed by atoms with Gasteiger partial charge in [-0.2, -0.15) is 13.4 Å². The van der Waals surface area contributed by atoms with Gasteiger partial charge in [0.2, 0.25) is 38.8 Å². The number of β-lactam (4-membered cyclic amide) rings is 1. The van der Waals surface area contributed by atoms with Crippen molar-refractivity contribution < 1.29 is 60.6 Å². The second-order valence-electron chi connectivity index (χ2n) is 11.9. The van der Waals surface area contributed by atoms with E-state index in [-0.39, 0.29) is 56.0 Å². The SMILES string of the molecule is NS(=O)(=O)c1ccc(Nc2ncc(NC(=O)NC(C(=O)NC3C(=O)N4C(OC(=O)O)=C(CSc5nnnn5CS(=O)(=O)O)CS[C@@H]34)c3ccc(O)cc3)c(O)n2)cc1. The Labute approximate surface area is 334 Å². The summed E-state index contributed by atoms with van der Waals surface area (Å²) in [5, 5.41) is 54.5. The number of nitrogens with two attached hydrogens (primary N) is 1. The number of phenols is 1. The molecule has 4 heterocycles. The highest BCUT2D eigenvalue weighted by Crippen LogP contribution is 2.42. The number of carboxylic acid groups (broad SMARTS) is 1. The molecule has 2 aromatic carbocycles. The number of primary sulfonamides is 1. The molecular formula is C29H28N12O13S4. The van der Waals surface area contributed by atoms with Crippen molar-refractivity contribution in [2.45, 2.75) is 33.4 Å². The molecule has 1 fully saturated rings. The van der Waals surface area contributed by atoms with Crippen LogP contribution in [0.25, 0.3) is 0 Å². The smallest absolute Gasteiger partial charge is 0.508 e. The van der Waals surface area contributed by atoms with E-state index in [9.17, 15) is 51.3 Å². The Morgan fingerprint density at radius 2 is 1.78 bits per heavy atom. The zero-order chi connectivity index (χ0) is 41.9. The normalized spacial score (nSPS) is 17.1. The number of tetrazole rings is 1. The molecule has 306 valence electrons. The number of benzene rings is 2. The zero-order valence-corrected chi connectivity index (χ0v) is 32.1. The fraction of sp³-hybridized carbons (Fsp3) is 0.207. The Morgan fingerprint density at radius 3 is 2.41 bits per heavy atom. The molecule has 6 rings (SSSR count). The third-order valence-corrected chi connectivity index (χ3v) is 11.7. The Hall–Kier alpha value is -6.27. The monoisotopic (exact) mass is 880 g/mol. The Balaban J connectivity index is 1.13. The van der Waals surface area contributed by atoms with Gasteiger partial charge in [-0.1, -0.05) is 23.9 Å². The summed E-state index contributed by atoms with van der Waals surface area (Å²) in [7, 11) is -8.43. The van der Waals surface area contributed by atoms with E-state index in [2.05, 4.69) is 46.8 Å². The summed E-state index contributed by atoms with van der Waals surface area (Å²) in [5.74, 6) is -3.96. The third-order valence-electron chi connectivity index (χ3n) is 7.85. The van der Waals surface area contributed by atoms with Crippen molar-refractivity contribution in [3.05, 3.63) is 71.7 Å². The topological polar surface area (TPSA) is 373 Å². The van der Waals surface area contributed by atoms with Gasteiger partial charge in [0.1, 0.15) is 28.9 Å². The number of anilines is 3. The summed E-state index contributed by atoms with van der Waals surface area (Å²) in [5.41, 5.74) is 0.486. The lowest BCUT2D eigenvalue weighted by molar-refractivity contribution is -0.149. The number of carbonyl (C=O) groups excluding carboxylic acids is 3. The summed E-state index contributed by atoms with van der Waals surface area (Å²) < 4.78 is 60.5. The second-order valence-corrected chi connectivity index (χ2v) is 16.9. The Kier molecular flexibility index (Phi) is 11.9. The van der Waals surface area contributed by atoms with E-state index in [0.717, 1.165) is 39.3 Å². The molecule has 0 aliphatic carbocycles. The highest BCUT2D eigenvalue weighted by molar-refractivity contribution is 8.01. The Bertz CT molecular complexity index is 2520. The zero-order valence-electron chi connectivity index (χ0n) is 28.9. The second kappa shape index (κ2) is 16.7. The number of amides is 4. The number of sulfonamides is 1. The van der Waals surface area contributed by atoms with Crippen LogP contribution in [0.4, 0.5) is 26.9 Å². The van der Waals surface area contributed by atoms with Crippen LogP contribution in [0.15, 0.2) is 76.2 Å². The number of rotatable bonds is 14. The molecule has 10 N–H and O–H groups in total. The molecule has 0 bridgehead atoms. The maximum Gasteiger partial charge on any atom is 0.512 e. The largest absolute Gasteiger partial charge is 0.512 e.